The Balaban J connectivity index is 1.53. The molecule has 1 aliphatic heterocycles. The van der Waals surface area contributed by atoms with E-state index in [-0.39, 0.29) is 17.8 Å². The number of hydrogen-bond donors (Lipinski definition) is 0. The quantitative estimate of drug-likeness (QED) is 0.456. The lowest BCUT2D eigenvalue weighted by Gasteiger charge is -2.31. The van der Waals surface area contributed by atoms with Crippen LogP contribution in [0.1, 0.15) is 37.6 Å². The number of pyridine rings is 1. The maximum atomic E-state index is 13.0. The lowest BCUT2D eigenvalue weighted by molar-refractivity contribution is -0.151. The van der Waals surface area contributed by atoms with Crippen LogP contribution in [-0.2, 0) is 27.3 Å². The summed E-state index contributed by atoms with van der Waals surface area (Å²) in [6, 6.07) is 7.42. The minimum atomic E-state index is -0.251. The van der Waals surface area contributed by atoms with E-state index in [9.17, 15) is 9.59 Å². The summed E-state index contributed by atoms with van der Waals surface area (Å²) in [6.45, 7) is 3.66. The van der Waals surface area contributed by atoms with Gasteiger partial charge in [-0.25, -0.2) is 4.98 Å². The van der Waals surface area contributed by atoms with E-state index in [1.165, 1.54) is 0 Å². The Morgan fingerprint density at radius 2 is 2.06 bits per heavy atom. The molecule has 9 heteroatoms. The van der Waals surface area contributed by atoms with Crippen molar-refractivity contribution in [1.82, 2.24) is 19.4 Å². The predicted molar refractivity (Wildman–Crippen MR) is 127 cm³/mol. The third kappa shape index (κ3) is 5.47. The van der Waals surface area contributed by atoms with Crippen LogP contribution in [0.15, 0.2) is 36.7 Å². The van der Waals surface area contributed by atoms with Crippen molar-refractivity contribution < 1.29 is 14.3 Å². The lowest BCUT2D eigenvalue weighted by Crippen LogP contribution is -2.43. The van der Waals surface area contributed by atoms with Crippen LogP contribution in [-0.4, -0.2) is 51.0 Å². The Labute approximate surface area is 202 Å². The van der Waals surface area contributed by atoms with Gasteiger partial charge in [0.15, 0.2) is 0 Å². The van der Waals surface area contributed by atoms with Gasteiger partial charge in [-0.05, 0) is 43.5 Å². The molecule has 1 aromatic carbocycles. The van der Waals surface area contributed by atoms with Gasteiger partial charge in [0.05, 0.1) is 33.6 Å². The molecule has 7 nitrogen and oxygen atoms in total. The van der Waals surface area contributed by atoms with Gasteiger partial charge in [-0.1, -0.05) is 29.3 Å². The number of imidazole rings is 1. The van der Waals surface area contributed by atoms with Gasteiger partial charge in [0, 0.05) is 44.9 Å². The predicted octanol–water partition coefficient (Wildman–Crippen LogP) is 4.52. The molecule has 33 heavy (non-hydrogen) atoms. The summed E-state index contributed by atoms with van der Waals surface area (Å²) in [7, 11) is 0. The summed E-state index contributed by atoms with van der Waals surface area (Å²) < 4.78 is 7.18. The van der Waals surface area contributed by atoms with Crippen molar-refractivity contribution in [3.63, 3.8) is 0 Å². The number of fused-ring (bicyclic) bond motifs is 1. The number of esters is 1. The summed E-state index contributed by atoms with van der Waals surface area (Å²) in [6.07, 6.45) is 5.94. The van der Waals surface area contributed by atoms with Crippen LogP contribution in [0, 0.1) is 5.92 Å². The number of benzene rings is 1. The number of aryl methyl sites for hydroxylation is 1. The van der Waals surface area contributed by atoms with Crippen molar-refractivity contribution in [2.75, 3.05) is 19.7 Å². The van der Waals surface area contributed by atoms with Crippen molar-refractivity contribution in [2.45, 2.75) is 39.2 Å². The van der Waals surface area contributed by atoms with Gasteiger partial charge in [-0.15, -0.1) is 0 Å². The number of piperidine rings is 1. The normalized spacial score (nSPS) is 16.2. The van der Waals surface area contributed by atoms with Crippen molar-refractivity contribution >= 4 is 46.1 Å². The second-order valence-corrected chi connectivity index (χ2v) is 8.97. The molecule has 1 atom stereocenters. The van der Waals surface area contributed by atoms with Gasteiger partial charge in [0.25, 0.3) is 0 Å². The monoisotopic (exact) mass is 488 g/mol. The van der Waals surface area contributed by atoms with Crippen molar-refractivity contribution in [1.29, 1.82) is 0 Å². The highest BCUT2D eigenvalue weighted by Crippen LogP contribution is 2.29. The third-order valence-corrected chi connectivity index (χ3v) is 6.62. The molecule has 3 heterocycles. The average Bonchev–Trinajstić information content (AvgIpc) is 3.14. The molecule has 0 saturated carbocycles. The molecular formula is C24H26Cl2N4O3. The van der Waals surface area contributed by atoms with Crippen LogP contribution in [0.2, 0.25) is 10.0 Å². The Hall–Kier alpha value is -2.64. The van der Waals surface area contributed by atoms with Gasteiger partial charge in [-0.2, -0.15) is 0 Å². The Kier molecular flexibility index (Phi) is 7.50. The van der Waals surface area contributed by atoms with E-state index in [0.29, 0.717) is 49.1 Å². The van der Waals surface area contributed by atoms with Crippen molar-refractivity contribution in [3.8, 4) is 0 Å². The van der Waals surface area contributed by atoms with Crippen LogP contribution in [0.4, 0.5) is 0 Å². The molecule has 0 aliphatic carbocycles. The Morgan fingerprint density at radius 1 is 1.24 bits per heavy atom. The number of amides is 1. The van der Waals surface area contributed by atoms with E-state index in [0.717, 1.165) is 35.3 Å². The number of hydrogen-bond acceptors (Lipinski definition) is 5. The average molecular weight is 489 g/mol. The van der Waals surface area contributed by atoms with Crippen LogP contribution < -0.4 is 0 Å². The van der Waals surface area contributed by atoms with E-state index in [1.54, 1.807) is 36.4 Å². The van der Waals surface area contributed by atoms with Gasteiger partial charge >= 0.3 is 5.97 Å². The molecule has 0 N–H and O–H groups in total. The topological polar surface area (TPSA) is 77.3 Å². The van der Waals surface area contributed by atoms with E-state index in [1.807, 2.05) is 16.7 Å². The summed E-state index contributed by atoms with van der Waals surface area (Å²) in [5.41, 5.74) is 2.58. The number of rotatable bonds is 7. The molecule has 1 aliphatic rings. The van der Waals surface area contributed by atoms with Gasteiger partial charge in [-0.3, -0.25) is 14.6 Å². The fourth-order valence-electron chi connectivity index (χ4n) is 4.26. The highest BCUT2D eigenvalue weighted by molar-refractivity contribution is 6.42. The minimum absolute atomic E-state index is 0.0123. The van der Waals surface area contributed by atoms with Gasteiger partial charge < -0.3 is 14.2 Å². The van der Waals surface area contributed by atoms with Crippen LogP contribution >= 0.6 is 23.2 Å². The highest BCUT2D eigenvalue weighted by Gasteiger charge is 2.29. The number of halogens is 2. The van der Waals surface area contributed by atoms with Gasteiger partial charge in [0.1, 0.15) is 5.82 Å². The minimum Gasteiger partial charge on any atom is -0.466 e. The van der Waals surface area contributed by atoms with E-state index in [2.05, 4.69) is 4.98 Å². The second kappa shape index (κ2) is 10.5. The Bertz CT molecular complexity index is 1150. The molecule has 1 fully saturated rings. The molecule has 2 aromatic heterocycles. The number of carbonyl (C=O) groups is 2. The molecule has 0 spiro atoms. The highest BCUT2D eigenvalue weighted by atomic mass is 35.5. The first-order chi connectivity index (χ1) is 16.0. The van der Waals surface area contributed by atoms with Crippen molar-refractivity contribution in [2.24, 2.45) is 5.92 Å². The fraction of sp³-hybridized carbons (Fsp3) is 0.417. The second-order valence-electron chi connectivity index (χ2n) is 8.15. The summed E-state index contributed by atoms with van der Waals surface area (Å²) in [4.78, 5) is 35.9. The van der Waals surface area contributed by atoms with Crippen LogP contribution in [0.25, 0.3) is 11.0 Å². The number of aromatic nitrogens is 3. The molecule has 1 amide bonds. The zero-order valence-corrected chi connectivity index (χ0v) is 20.0. The van der Waals surface area contributed by atoms with Gasteiger partial charge in [0.2, 0.25) is 5.91 Å². The van der Waals surface area contributed by atoms with Crippen LogP contribution in [0.3, 0.4) is 0 Å². The summed E-state index contributed by atoms with van der Waals surface area (Å²) in [5, 5.41) is 0.883. The van der Waals surface area contributed by atoms with E-state index in [4.69, 9.17) is 32.9 Å². The summed E-state index contributed by atoms with van der Waals surface area (Å²) in [5.74, 6) is 0.352. The van der Waals surface area contributed by atoms with Crippen molar-refractivity contribution in [3.05, 3.63) is 58.1 Å². The molecule has 174 valence electrons. The summed E-state index contributed by atoms with van der Waals surface area (Å²) >= 11 is 12.5. The largest absolute Gasteiger partial charge is 0.466 e. The molecular weight excluding hydrogens is 463 g/mol. The molecule has 1 saturated heterocycles. The number of nitrogens with zero attached hydrogens (tertiary/aromatic N) is 4. The maximum absolute atomic E-state index is 13.0. The SMILES string of the molecule is CCOC(=O)C1CCCN(C(=O)CCn2c(Cc3cccnc3)nc3cc(Cl)c(Cl)cc32)C1. The molecule has 0 radical (unpaired) electrons. The first-order valence-corrected chi connectivity index (χ1v) is 11.9. The Morgan fingerprint density at radius 3 is 2.82 bits per heavy atom. The molecule has 1 unspecified atom stereocenters. The molecule has 3 aromatic rings. The van der Waals surface area contributed by atoms with E-state index < -0.39 is 0 Å². The zero-order valence-electron chi connectivity index (χ0n) is 18.5. The molecule has 4 rings (SSSR count). The number of carbonyl (C=O) groups excluding carboxylic acids is 2. The maximum Gasteiger partial charge on any atom is 0.310 e. The van der Waals surface area contributed by atoms with E-state index >= 15 is 0 Å². The fourth-order valence-corrected chi connectivity index (χ4v) is 4.58. The standard InChI is InChI=1S/C24H26Cl2N4O3/c1-2-33-24(32)17-6-4-9-29(15-17)23(31)7-10-30-21-13-19(26)18(25)12-20(21)28-22(30)11-16-5-3-8-27-14-16/h3,5,8,12-14,17H,2,4,6-7,9-11,15H2,1H3. The lowest BCUT2D eigenvalue weighted by atomic mass is 9.98. The molecule has 0 bridgehead atoms. The third-order valence-electron chi connectivity index (χ3n) is 5.90. The zero-order chi connectivity index (χ0) is 23.4. The van der Waals surface area contributed by atoms with Crippen LogP contribution in [0.5, 0.6) is 0 Å². The number of likely N-dealkylation sites (tertiary alicyclic amines) is 1. The number of ether oxygens (including phenoxy) is 1. The first kappa shape index (κ1) is 23.5. The first-order valence-electron chi connectivity index (χ1n) is 11.1. The smallest absolute Gasteiger partial charge is 0.310 e.